The maximum Gasteiger partial charge on any atom is 0.361 e. The lowest BCUT2D eigenvalue weighted by molar-refractivity contribution is 0.229. The predicted octanol–water partition coefficient (Wildman–Crippen LogP) is 8.75. The molecule has 16 nitrogen and oxygen atoms in total. The quantitative estimate of drug-likeness (QED) is 0.0535. The first-order valence-electron chi connectivity index (χ1n) is 21.4. The molecule has 4 N–H and O–H groups in total. The van der Waals surface area contributed by atoms with Crippen LogP contribution in [0.4, 0.5) is 0 Å². The van der Waals surface area contributed by atoms with Gasteiger partial charge in [-0.25, -0.2) is 0 Å². The molecule has 1 aliphatic carbocycles. The first-order chi connectivity index (χ1) is 30.4. The summed E-state index contributed by atoms with van der Waals surface area (Å²) in [6, 6.07) is 11.5. The average Bonchev–Trinajstić information content (AvgIpc) is 3.23. The van der Waals surface area contributed by atoms with E-state index in [1.165, 1.54) is 48.5 Å². The van der Waals surface area contributed by atoms with Crippen molar-refractivity contribution >= 4 is 51.6 Å². The van der Waals surface area contributed by atoms with Crippen molar-refractivity contribution < 1.29 is 74.9 Å². The molecular formula is C44H60O16P4. The molecule has 1 aliphatic rings. The molecule has 4 aromatic carbocycles. The SMILES string of the molecule is CCOP(=O)(OCC)c1cc2c(O)c(c1)Cc1cc(P(=O)(OCC)OCC)cc(c1O)Cc1cc(P(=O)(OCC)OCC)cc(c1O)Cc1cc(P(=O)(OCC)OCC)cc(c1O)C2. The zero-order chi connectivity index (χ0) is 47.0. The summed E-state index contributed by atoms with van der Waals surface area (Å²) >= 11 is 0. The first-order valence-corrected chi connectivity index (χ1v) is 27.6. The minimum absolute atomic E-state index is 0.00872. The van der Waals surface area contributed by atoms with Crippen molar-refractivity contribution in [2.24, 2.45) is 0 Å². The third-order valence-electron chi connectivity index (χ3n) is 10.2. The van der Waals surface area contributed by atoms with Crippen molar-refractivity contribution in [2.45, 2.75) is 81.1 Å². The summed E-state index contributed by atoms with van der Waals surface area (Å²) in [5.74, 6) is -1.23. The summed E-state index contributed by atoms with van der Waals surface area (Å²) in [4.78, 5) is 0. The molecule has 20 heteroatoms. The van der Waals surface area contributed by atoms with Crippen LogP contribution in [-0.2, 0) is 80.1 Å². The Morgan fingerprint density at radius 1 is 0.312 bits per heavy atom. The van der Waals surface area contributed by atoms with Gasteiger partial charge >= 0.3 is 30.4 Å². The molecule has 0 spiro atoms. The van der Waals surface area contributed by atoms with Crippen LogP contribution in [0.25, 0.3) is 0 Å². The van der Waals surface area contributed by atoms with Gasteiger partial charge in [-0.2, -0.15) is 0 Å². The molecule has 4 aromatic rings. The van der Waals surface area contributed by atoms with E-state index < -0.39 is 30.4 Å². The summed E-state index contributed by atoms with van der Waals surface area (Å²) in [7, 11) is -16.2. The fourth-order valence-electron chi connectivity index (χ4n) is 7.60. The Morgan fingerprint density at radius 2 is 0.438 bits per heavy atom. The Morgan fingerprint density at radius 3 is 0.547 bits per heavy atom. The Kier molecular flexibility index (Phi) is 17.7. The van der Waals surface area contributed by atoms with Gasteiger partial charge in [-0.1, -0.05) is 0 Å². The van der Waals surface area contributed by atoms with E-state index in [0.717, 1.165) is 0 Å². The highest BCUT2D eigenvalue weighted by molar-refractivity contribution is 7.63. The smallest absolute Gasteiger partial charge is 0.361 e. The van der Waals surface area contributed by atoms with Crippen molar-refractivity contribution in [2.75, 3.05) is 52.9 Å². The maximum atomic E-state index is 14.5. The molecule has 0 atom stereocenters. The van der Waals surface area contributed by atoms with Crippen molar-refractivity contribution in [1.29, 1.82) is 0 Å². The molecule has 0 fully saturated rings. The van der Waals surface area contributed by atoms with Gasteiger partial charge in [0.05, 0.1) is 74.1 Å². The Hall–Kier alpha value is -3.32. The number of phenols is 4. The van der Waals surface area contributed by atoms with E-state index in [1.54, 1.807) is 55.4 Å². The van der Waals surface area contributed by atoms with Crippen molar-refractivity contribution in [3.63, 3.8) is 0 Å². The summed E-state index contributed by atoms with van der Waals surface area (Å²) in [6.45, 7) is 13.3. The molecule has 0 radical (unpaired) electrons. The highest BCUT2D eigenvalue weighted by atomic mass is 31.2. The molecule has 5 rings (SSSR count). The number of fused-ring (bicyclic) bond motifs is 8. The molecule has 0 amide bonds. The van der Waals surface area contributed by atoms with Gasteiger partial charge in [-0.15, -0.1) is 0 Å². The third kappa shape index (κ3) is 11.1. The monoisotopic (exact) mass is 968 g/mol. The number of hydrogen-bond donors (Lipinski definition) is 4. The molecular weight excluding hydrogens is 908 g/mol. The Balaban J connectivity index is 1.97. The van der Waals surface area contributed by atoms with Crippen molar-refractivity contribution in [3.8, 4) is 23.0 Å². The molecule has 8 bridgehead atoms. The lowest BCUT2D eigenvalue weighted by Gasteiger charge is -2.24. The average molecular weight is 969 g/mol. The molecule has 0 aromatic heterocycles. The Labute approximate surface area is 375 Å². The highest BCUT2D eigenvalue weighted by Crippen LogP contribution is 2.53. The molecule has 0 saturated carbocycles. The fraction of sp³-hybridized carbons (Fsp3) is 0.455. The van der Waals surface area contributed by atoms with Gasteiger partial charge in [-0.3, -0.25) is 18.3 Å². The van der Waals surface area contributed by atoms with Gasteiger partial charge < -0.3 is 56.6 Å². The zero-order valence-corrected chi connectivity index (χ0v) is 41.2. The van der Waals surface area contributed by atoms with Crippen LogP contribution in [-0.4, -0.2) is 73.3 Å². The van der Waals surface area contributed by atoms with E-state index in [4.69, 9.17) is 36.2 Å². The van der Waals surface area contributed by atoms with E-state index in [0.29, 0.717) is 0 Å². The second kappa shape index (κ2) is 22.0. The van der Waals surface area contributed by atoms with Crippen LogP contribution in [0.2, 0.25) is 0 Å². The van der Waals surface area contributed by atoms with Crippen molar-refractivity contribution in [3.05, 3.63) is 93.0 Å². The van der Waals surface area contributed by atoms with Crippen LogP contribution in [0, 0.1) is 0 Å². The molecule has 0 saturated heterocycles. The van der Waals surface area contributed by atoms with E-state index >= 15 is 0 Å². The fourth-order valence-corrected chi connectivity index (χ4v) is 14.3. The van der Waals surface area contributed by atoms with Gasteiger partial charge in [0, 0.05) is 25.7 Å². The number of benzene rings is 4. The van der Waals surface area contributed by atoms with E-state index in [2.05, 4.69) is 0 Å². The molecule has 0 aliphatic heterocycles. The van der Waals surface area contributed by atoms with Gasteiger partial charge in [0.1, 0.15) is 23.0 Å². The lowest BCUT2D eigenvalue weighted by Crippen LogP contribution is -2.17. The second-order valence-electron chi connectivity index (χ2n) is 14.5. The summed E-state index contributed by atoms with van der Waals surface area (Å²) in [6.07, 6.45) is -1.06. The van der Waals surface area contributed by atoms with Crippen LogP contribution in [0.15, 0.2) is 48.5 Å². The highest BCUT2D eigenvalue weighted by Gasteiger charge is 2.35. The van der Waals surface area contributed by atoms with Gasteiger partial charge in [-0.05, 0) is 148 Å². The maximum absolute atomic E-state index is 14.5. The number of aromatic hydroxyl groups is 4. The van der Waals surface area contributed by atoms with Gasteiger partial charge in [0.2, 0.25) is 0 Å². The second-order valence-corrected chi connectivity index (χ2v) is 22.6. The van der Waals surface area contributed by atoms with E-state index in [-0.39, 0.29) is 167 Å². The minimum Gasteiger partial charge on any atom is -0.507 e. The number of rotatable bonds is 20. The molecule has 64 heavy (non-hydrogen) atoms. The van der Waals surface area contributed by atoms with E-state index in [9.17, 15) is 38.7 Å². The number of phenolic OH excluding ortho intramolecular Hbond substituents is 4. The first kappa shape index (κ1) is 51.7. The Bertz CT molecular complexity index is 2030. The molecule has 352 valence electrons. The largest absolute Gasteiger partial charge is 0.507 e. The van der Waals surface area contributed by atoms with E-state index in [1.807, 2.05) is 0 Å². The standard InChI is InChI=1S/C44H60O16P4/c1-9-53-61(49,54-10-2)37-21-29-17-31-23-38(62(50,55-11-3)56-12-4)25-33(42(31)46)19-35-27-40(64(52,59-15-7)60-16-8)28-36(44(35)48)20-34-26-39(63(51,57-13-5)58-14-6)24-32(43(34)47)18-30(22-37)41(29)45/h21-28,45-48H,9-20H2,1-8H3. The van der Waals surface area contributed by atoms with Gasteiger partial charge in [0.15, 0.2) is 0 Å². The minimum atomic E-state index is -4.06. The summed E-state index contributed by atoms with van der Waals surface area (Å²) in [5, 5.41) is 48.9. The zero-order valence-electron chi connectivity index (χ0n) is 37.6. The summed E-state index contributed by atoms with van der Waals surface area (Å²) in [5.41, 5.74) is 1.05. The predicted molar refractivity (Wildman–Crippen MR) is 246 cm³/mol. The van der Waals surface area contributed by atoms with Gasteiger partial charge in [0.25, 0.3) is 0 Å². The topological polar surface area (TPSA) is 223 Å². The van der Waals surface area contributed by atoms with Crippen LogP contribution in [0.3, 0.4) is 0 Å². The number of hydrogen-bond acceptors (Lipinski definition) is 16. The van der Waals surface area contributed by atoms with Crippen LogP contribution < -0.4 is 21.2 Å². The van der Waals surface area contributed by atoms with Crippen LogP contribution in [0.1, 0.15) is 99.9 Å². The van der Waals surface area contributed by atoms with Crippen LogP contribution in [0.5, 0.6) is 23.0 Å². The summed E-state index contributed by atoms with van der Waals surface area (Å²) < 4.78 is 104. The van der Waals surface area contributed by atoms with Crippen molar-refractivity contribution in [1.82, 2.24) is 0 Å². The normalized spacial score (nSPS) is 13.6. The third-order valence-corrected chi connectivity index (χ3v) is 18.5. The molecule has 0 heterocycles. The van der Waals surface area contributed by atoms with Crippen LogP contribution >= 0.6 is 30.4 Å². The molecule has 0 unspecified atom stereocenters. The lowest BCUT2D eigenvalue weighted by atomic mass is 9.91.